The largest absolute Gasteiger partial charge is 0.726 e. The standard InChI is InChI=1S/C20H44NO3.CH4O4S/c1-2-3-4-5-6-7-8-9-10-11-12-13-14-21(15-18-22,16-19-23)17-20-24;1-5-6(2,3)4/h22-24H,2-20H2,1H3;1H3,(H,2,3,4)/q+1;/p-1. The quantitative estimate of drug-likeness (QED) is 0.111. The van der Waals surface area contributed by atoms with Gasteiger partial charge in [0.25, 0.3) is 0 Å². The van der Waals surface area contributed by atoms with Gasteiger partial charge in [-0.05, 0) is 12.8 Å². The third-order valence-corrected chi connectivity index (χ3v) is 5.82. The Balaban J connectivity index is 0. The second kappa shape index (κ2) is 21.9. The summed E-state index contributed by atoms with van der Waals surface area (Å²) in [5.74, 6) is 0. The van der Waals surface area contributed by atoms with Crippen molar-refractivity contribution in [1.82, 2.24) is 0 Å². The lowest BCUT2D eigenvalue weighted by atomic mass is 10.0. The molecule has 0 aromatic heterocycles. The van der Waals surface area contributed by atoms with Gasteiger partial charge in [-0.15, -0.1) is 0 Å². The van der Waals surface area contributed by atoms with Gasteiger partial charge in [0.1, 0.15) is 19.6 Å². The van der Waals surface area contributed by atoms with Gasteiger partial charge < -0.3 is 24.4 Å². The van der Waals surface area contributed by atoms with E-state index in [0.29, 0.717) is 24.1 Å². The summed E-state index contributed by atoms with van der Waals surface area (Å²) in [7, 11) is -3.60. The van der Waals surface area contributed by atoms with Crippen molar-refractivity contribution in [3.63, 3.8) is 0 Å². The van der Waals surface area contributed by atoms with Gasteiger partial charge in [-0.25, -0.2) is 8.42 Å². The van der Waals surface area contributed by atoms with Gasteiger partial charge in [0.15, 0.2) is 0 Å². The molecule has 0 saturated heterocycles. The molecule has 0 rings (SSSR count). The van der Waals surface area contributed by atoms with Crippen molar-refractivity contribution in [1.29, 1.82) is 0 Å². The third kappa shape index (κ3) is 22.4. The average molecular weight is 458 g/mol. The number of hydrogen-bond acceptors (Lipinski definition) is 7. The minimum atomic E-state index is -4.41. The molecule has 184 valence electrons. The fourth-order valence-corrected chi connectivity index (χ4v) is 3.60. The number of hydrogen-bond donors (Lipinski definition) is 3. The van der Waals surface area contributed by atoms with E-state index in [1.807, 2.05) is 0 Å². The second-order valence-corrected chi connectivity index (χ2v) is 9.02. The van der Waals surface area contributed by atoms with E-state index in [1.54, 1.807) is 0 Å². The molecule has 0 saturated carbocycles. The first-order chi connectivity index (χ1) is 14.3. The first-order valence-corrected chi connectivity index (χ1v) is 12.8. The Hall–Kier alpha value is -0.290. The molecular weight excluding hydrogens is 410 g/mol. The Labute approximate surface area is 184 Å². The van der Waals surface area contributed by atoms with E-state index in [0.717, 1.165) is 20.1 Å². The van der Waals surface area contributed by atoms with Crippen molar-refractivity contribution in [3.05, 3.63) is 0 Å². The SMILES string of the molecule is CCCCCCCCCCCCCC[N+](CCO)(CCO)CCO.COS(=O)(=O)[O-]. The van der Waals surface area contributed by atoms with E-state index in [1.165, 1.54) is 70.6 Å². The summed E-state index contributed by atoms with van der Waals surface area (Å²) in [6.07, 6.45) is 16.0. The highest BCUT2D eigenvalue weighted by atomic mass is 32.3. The zero-order chi connectivity index (χ0) is 23.1. The van der Waals surface area contributed by atoms with Gasteiger partial charge in [-0.3, -0.25) is 4.18 Å². The predicted octanol–water partition coefficient (Wildman–Crippen LogP) is 2.57. The van der Waals surface area contributed by atoms with Crippen LogP contribution in [0.25, 0.3) is 0 Å². The molecule has 0 aromatic rings. The highest BCUT2D eigenvalue weighted by Crippen LogP contribution is 2.14. The highest BCUT2D eigenvalue weighted by molar-refractivity contribution is 7.80. The molecule has 0 aromatic carbocycles. The van der Waals surface area contributed by atoms with Gasteiger partial charge in [-0.2, -0.15) is 0 Å². The number of unbranched alkanes of at least 4 members (excludes halogenated alkanes) is 11. The smallest absolute Gasteiger partial charge is 0.217 e. The van der Waals surface area contributed by atoms with Crippen molar-refractivity contribution >= 4 is 10.4 Å². The Morgan fingerprint density at radius 3 is 1.23 bits per heavy atom. The molecule has 8 nitrogen and oxygen atoms in total. The lowest BCUT2D eigenvalue weighted by molar-refractivity contribution is -0.929. The monoisotopic (exact) mass is 457 g/mol. The normalized spacial score (nSPS) is 11.9. The van der Waals surface area contributed by atoms with Crippen molar-refractivity contribution in [3.8, 4) is 0 Å². The van der Waals surface area contributed by atoms with E-state index in [4.69, 9.17) is 0 Å². The van der Waals surface area contributed by atoms with Crippen LogP contribution in [0.15, 0.2) is 0 Å². The maximum absolute atomic E-state index is 9.27. The molecule has 0 fully saturated rings. The van der Waals surface area contributed by atoms with E-state index in [2.05, 4.69) is 11.1 Å². The van der Waals surface area contributed by atoms with Crippen molar-refractivity contribution in [2.75, 3.05) is 53.1 Å². The van der Waals surface area contributed by atoms with E-state index in [9.17, 15) is 28.3 Å². The van der Waals surface area contributed by atoms with Gasteiger partial charge in [-0.1, -0.05) is 71.1 Å². The number of nitrogens with zero attached hydrogens (tertiary/aromatic N) is 1. The zero-order valence-electron chi connectivity index (χ0n) is 19.3. The molecule has 0 amide bonds. The predicted molar refractivity (Wildman–Crippen MR) is 119 cm³/mol. The Kier molecular flexibility index (Phi) is 23.3. The lowest BCUT2D eigenvalue weighted by Gasteiger charge is -2.37. The van der Waals surface area contributed by atoms with Gasteiger partial charge in [0.2, 0.25) is 10.4 Å². The van der Waals surface area contributed by atoms with Crippen molar-refractivity contribution in [2.45, 2.75) is 84.0 Å². The van der Waals surface area contributed by atoms with Gasteiger partial charge in [0.05, 0.1) is 33.5 Å². The Morgan fingerprint density at radius 2 is 0.967 bits per heavy atom. The minimum Gasteiger partial charge on any atom is -0.726 e. The summed E-state index contributed by atoms with van der Waals surface area (Å²) in [5, 5.41) is 27.8. The minimum absolute atomic E-state index is 0.123. The summed E-state index contributed by atoms with van der Waals surface area (Å²) in [5.41, 5.74) is 0. The summed E-state index contributed by atoms with van der Waals surface area (Å²) in [6.45, 7) is 5.51. The highest BCUT2D eigenvalue weighted by Gasteiger charge is 2.25. The fourth-order valence-electron chi connectivity index (χ4n) is 3.60. The van der Waals surface area contributed by atoms with E-state index in [-0.39, 0.29) is 19.8 Å². The topological polar surface area (TPSA) is 127 Å². The van der Waals surface area contributed by atoms with Crippen LogP contribution in [0.5, 0.6) is 0 Å². The molecule has 0 spiro atoms. The molecule has 3 N–H and O–H groups in total. The average Bonchev–Trinajstić information content (AvgIpc) is 2.69. The van der Waals surface area contributed by atoms with Crippen LogP contribution in [0.2, 0.25) is 0 Å². The first kappa shape index (κ1) is 31.9. The van der Waals surface area contributed by atoms with Crippen LogP contribution in [0.4, 0.5) is 0 Å². The molecule has 0 heterocycles. The van der Waals surface area contributed by atoms with Crippen LogP contribution in [0.1, 0.15) is 84.0 Å². The Bertz CT molecular complexity index is 430. The summed E-state index contributed by atoms with van der Waals surface area (Å²) in [6, 6.07) is 0. The van der Waals surface area contributed by atoms with Crippen LogP contribution in [0.3, 0.4) is 0 Å². The summed E-state index contributed by atoms with van der Waals surface area (Å²) in [4.78, 5) is 0. The van der Waals surface area contributed by atoms with Gasteiger partial charge >= 0.3 is 0 Å². The van der Waals surface area contributed by atoms with Crippen LogP contribution in [-0.2, 0) is 14.6 Å². The van der Waals surface area contributed by atoms with Gasteiger partial charge in [0, 0.05) is 0 Å². The molecular formula is C21H47NO7S. The van der Waals surface area contributed by atoms with Crippen molar-refractivity contribution < 1.29 is 37.0 Å². The third-order valence-electron chi connectivity index (χ3n) is 5.41. The molecule has 0 aliphatic heterocycles. The van der Waals surface area contributed by atoms with E-state index >= 15 is 0 Å². The molecule has 0 bridgehead atoms. The fraction of sp³-hybridized carbons (Fsp3) is 1.00. The number of quaternary nitrogens is 1. The molecule has 0 aliphatic rings. The molecule has 0 aliphatic carbocycles. The lowest BCUT2D eigenvalue weighted by Crippen LogP contribution is -2.53. The number of rotatable bonds is 20. The Morgan fingerprint density at radius 1 is 0.667 bits per heavy atom. The second-order valence-electron chi connectivity index (χ2n) is 7.87. The number of aliphatic hydroxyl groups is 3. The maximum atomic E-state index is 9.27. The van der Waals surface area contributed by atoms with Crippen molar-refractivity contribution in [2.24, 2.45) is 0 Å². The maximum Gasteiger partial charge on any atom is 0.217 e. The zero-order valence-corrected chi connectivity index (χ0v) is 20.1. The number of aliphatic hydroxyl groups excluding tert-OH is 3. The molecule has 30 heavy (non-hydrogen) atoms. The van der Waals surface area contributed by atoms with E-state index < -0.39 is 10.4 Å². The summed E-state index contributed by atoms with van der Waals surface area (Å²) < 4.78 is 31.7. The molecule has 0 radical (unpaired) electrons. The van der Waals surface area contributed by atoms with Crippen LogP contribution >= 0.6 is 0 Å². The van der Waals surface area contributed by atoms with Crippen LogP contribution in [0, 0.1) is 0 Å². The molecule has 9 heteroatoms. The molecule has 0 atom stereocenters. The first-order valence-electron chi connectivity index (χ1n) is 11.5. The van der Waals surface area contributed by atoms with Crippen LogP contribution < -0.4 is 0 Å². The summed E-state index contributed by atoms with van der Waals surface area (Å²) >= 11 is 0. The van der Waals surface area contributed by atoms with Crippen LogP contribution in [-0.4, -0.2) is 85.9 Å². The molecule has 0 unspecified atom stereocenters.